The molecule has 0 saturated carbocycles. The minimum atomic E-state index is 0.372. The van der Waals surface area contributed by atoms with E-state index in [0.29, 0.717) is 6.04 Å². The molecule has 0 spiro atoms. The number of rotatable bonds is 8. The molecule has 17 heavy (non-hydrogen) atoms. The first-order valence-corrected chi connectivity index (χ1v) is 6.41. The summed E-state index contributed by atoms with van der Waals surface area (Å²) >= 11 is 0. The standard InChI is InChI=1S/C13H25N3O/c1-5-14-12(8-6-7-9-17-4)13-10-11(2)16(3)15-13/h10,12,14H,5-9H2,1-4H3. The van der Waals surface area contributed by atoms with Crippen molar-refractivity contribution in [2.24, 2.45) is 7.05 Å². The van der Waals surface area contributed by atoms with Gasteiger partial charge in [0.25, 0.3) is 0 Å². The van der Waals surface area contributed by atoms with Crippen LogP contribution in [0.5, 0.6) is 0 Å². The average molecular weight is 239 g/mol. The summed E-state index contributed by atoms with van der Waals surface area (Å²) in [6.07, 6.45) is 3.40. The summed E-state index contributed by atoms with van der Waals surface area (Å²) in [4.78, 5) is 0. The van der Waals surface area contributed by atoms with E-state index in [-0.39, 0.29) is 0 Å². The van der Waals surface area contributed by atoms with E-state index in [1.807, 2.05) is 11.7 Å². The van der Waals surface area contributed by atoms with Crippen molar-refractivity contribution in [3.63, 3.8) is 0 Å². The highest BCUT2D eigenvalue weighted by Crippen LogP contribution is 2.18. The fourth-order valence-electron chi connectivity index (χ4n) is 1.95. The van der Waals surface area contributed by atoms with E-state index in [1.165, 1.54) is 12.1 Å². The average Bonchev–Trinajstić information content (AvgIpc) is 2.63. The molecule has 0 aliphatic rings. The molecule has 0 amide bonds. The topological polar surface area (TPSA) is 39.1 Å². The van der Waals surface area contributed by atoms with Crippen molar-refractivity contribution in [1.82, 2.24) is 15.1 Å². The van der Waals surface area contributed by atoms with E-state index < -0.39 is 0 Å². The first kappa shape index (κ1) is 14.2. The SMILES string of the molecule is CCNC(CCCCOC)c1cc(C)n(C)n1. The highest BCUT2D eigenvalue weighted by molar-refractivity contribution is 5.12. The van der Waals surface area contributed by atoms with Crippen LogP contribution in [-0.2, 0) is 11.8 Å². The van der Waals surface area contributed by atoms with Crippen LogP contribution in [0.3, 0.4) is 0 Å². The van der Waals surface area contributed by atoms with Gasteiger partial charge in [-0.25, -0.2) is 0 Å². The molecular weight excluding hydrogens is 214 g/mol. The zero-order valence-electron chi connectivity index (χ0n) is 11.5. The molecule has 0 aliphatic heterocycles. The molecule has 4 heteroatoms. The maximum absolute atomic E-state index is 5.07. The molecule has 1 aromatic heterocycles. The maximum atomic E-state index is 5.07. The lowest BCUT2D eigenvalue weighted by Crippen LogP contribution is -2.21. The Morgan fingerprint density at radius 3 is 2.76 bits per heavy atom. The zero-order valence-corrected chi connectivity index (χ0v) is 11.5. The summed E-state index contributed by atoms with van der Waals surface area (Å²) in [5.41, 5.74) is 2.36. The van der Waals surface area contributed by atoms with Crippen LogP contribution >= 0.6 is 0 Å². The van der Waals surface area contributed by atoms with Crippen LogP contribution in [0.1, 0.15) is 43.6 Å². The Bertz CT molecular complexity index is 303. The van der Waals surface area contributed by atoms with Crippen LogP contribution in [0.2, 0.25) is 0 Å². The molecule has 0 saturated heterocycles. The van der Waals surface area contributed by atoms with Gasteiger partial charge in [0.2, 0.25) is 0 Å². The third-order valence-corrected chi connectivity index (χ3v) is 3.03. The third kappa shape index (κ3) is 4.48. The molecule has 0 bridgehead atoms. The monoisotopic (exact) mass is 239 g/mol. The smallest absolute Gasteiger partial charge is 0.0796 e. The van der Waals surface area contributed by atoms with E-state index >= 15 is 0 Å². The Morgan fingerprint density at radius 1 is 1.47 bits per heavy atom. The predicted molar refractivity (Wildman–Crippen MR) is 70.1 cm³/mol. The fourth-order valence-corrected chi connectivity index (χ4v) is 1.95. The number of unbranched alkanes of at least 4 members (excludes halogenated alkanes) is 1. The molecule has 1 heterocycles. The van der Waals surface area contributed by atoms with Gasteiger partial charge in [-0.3, -0.25) is 4.68 Å². The summed E-state index contributed by atoms with van der Waals surface area (Å²) in [5, 5.41) is 8.05. The first-order valence-electron chi connectivity index (χ1n) is 6.41. The van der Waals surface area contributed by atoms with Gasteiger partial charge in [0.05, 0.1) is 11.7 Å². The molecule has 98 valence electrons. The van der Waals surface area contributed by atoms with Crippen LogP contribution in [0, 0.1) is 6.92 Å². The maximum Gasteiger partial charge on any atom is 0.0796 e. The Balaban J connectivity index is 2.52. The van der Waals surface area contributed by atoms with Gasteiger partial charge in [0.1, 0.15) is 0 Å². The number of hydrogen-bond acceptors (Lipinski definition) is 3. The second-order valence-electron chi connectivity index (χ2n) is 4.43. The summed E-state index contributed by atoms with van der Waals surface area (Å²) in [6.45, 7) is 6.05. The number of nitrogens with one attached hydrogen (secondary N) is 1. The Kier molecular flexibility index (Phi) is 6.22. The lowest BCUT2D eigenvalue weighted by molar-refractivity contribution is 0.191. The highest BCUT2D eigenvalue weighted by Gasteiger charge is 2.13. The largest absolute Gasteiger partial charge is 0.385 e. The van der Waals surface area contributed by atoms with Crippen molar-refractivity contribution in [2.45, 2.75) is 39.2 Å². The molecule has 0 radical (unpaired) electrons. The number of aromatic nitrogens is 2. The number of methoxy groups -OCH3 is 1. The minimum Gasteiger partial charge on any atom is -0.385 e. The van der Waals surface area contributed by atoms with Gasteiger partial charge >= 0.3 is 0 Å². The lowest BCUT2D eigenvalue weighted by atomic mass is 10.1. The summed E-state index contributed by atoms with van der Waals surface area (Å²) in [6, 6.07) is 2.54. The molecule has 0 aromatic carbocycles. The van der Waals surface area contributed by atoms with Gasteiger partial charge in [0, 0.05) is 26.5 Å². The van der Waals surface area contributed by atoms with Gasteiger partial charge in [-0.05, 0) is 38.8 Å². The van der Waals surface area contributed by atoms with Crippen molar-refractivity contribution in [1.29, 1.82) is 0 Å². The predicted octanol–water partition coefficient (Wildman–Crippen LogP) is 2.20. The molecule has 1 atom stereocenters. The van der Waals surface area contributed by atoms with Gasteiger partial charge in [-0.1, -0.05) is 6.92 Å². The van der Waals surface area contributed by atoms with Crippen molar-refractivity contribution in [3.8, 4) is 0 Å². The Labute approximate surface area is 104 Å². The first-order chi connectivity index (χ1) is 8.19. The van der Waals surface area contributed by atoms with E-state index in [0.717, 1.165) is 31.7 Å². The molecular formula is C13H25N3O. The van der Waals surface area contributed by atoms with Crippen LogP contribution in [-0.4, -0.2) is 30.0 Å². The number of hydrogen-bond donors (Lipinski definition) is 1. The molecule has 1 unspecified atom stereocenters. The Hall–Kier alpha value is -0.870. The van der Waals surface area contributed by atoms with Gasteiger partial charge in [0.15, 0.2) is 0 Å². The molecule has 0 aliphatic carbocycles. The lowest BCUT2D eigenvalue weighted by Gasteiger charge is -2.15. The number of aryl methyl sites for hydroxylation is 2. The van der Waals surface area contributed by atoms with Gasteiger partial charge in [-0.15, -0.1) is 0 Å². The summed E-state index contributed by atoms with van der Waals surface area (Å²) < 4.78 is 7.01. The second-order valence-corrected chi connectivity index (χ2v) is 4.43. The Morgan fingerprint density at radius 2 is 2.24 bits per heavy atom. The molecule has 1 aromatic rings. The quantitative estimate of drug-likeness (QED) is 0.707. The van der Waals surface area contributed by atoms with E-state index in [1.54, 1.807) is 7.11 Å². The van der Waals surface area contributed by atoms with Crippen LogP contribution in [0.4, 0.5) is 0 Å². The van der Waals surface area contributed by atoms with E-state index in [4.69, 9.17) is 4.74 Å². The van der Waals surface area contributed by atoms with E-state index in [9.17, 15) is 0 Å². The molecule has 1 rings (SSSR count). The molecule has 4 nitrogen and oxygen atoms in total. The van der Waals surface area contributed by atoms with Gasteiger partial charge < -0.3 is 10.1 Å². The van der Waals surface area contributed by atoms with Crippen LogP contribution in [0.15, 0.2) is 6.07 Å². The zero-order chi connectivity index (χ0) is 12.7. The summed E-state index contributed by atoms with van der Waals surface area (Å²) in [5.74, 6) is 0. The van der Waals surface area contributed by atoms with Crippen molar-refractivity contribution < 1.29 is 4.74 Å². The van der Waals surface area contributed by atoms with Crippen LogP contribution < -0.4 is 5.32 Å². The van der Waals surface area contributed by atoms with Crippen LogP contribution in [0.25, 0.3) is 0 Å². The second kappa shape index (κ2) is 7.45. The van der Waals surface area contributed by atoms with Gasteiger partial charge in [-0.2, -0.15) is 5.10 Å². The summed E-state index contributed by atoms with van der Waals surface area (Å²) in [7, 11) is 3.75. The normalized spacial score (nSPS) is 12.9. The van der Waals surface area contributed by atoms with Crippen molar-refractivity contribution in [2.75, 3.05) is 20.3 Å². The fraction of sp³-hybridized carbons (Fsp3) is 0.769. The number of nitrogens with zero attached hydrogens (tertiary/aromatic N) is 2. The number of ether oxygens (including phenoxy) is 1. The molecule has 1 N–H and O–H groups in total. The highest BCUT2D eigenvalue weighted by atomic mass is 16.5. The molecule has 0 fully saturated rings. The third-order valence-electron chi connectivity index (χ3n) is 3.03. The van der Waals surface area contributed by atoms with Crippen molar-refractivity contribution in [3.05, 3.63) is 17.5 Å². The minimum absolute atomic E-state index is 0.372. The van der Waals surface area contributed by atoms with E-state index in [2.05, 4.69) is 30.3 Å². The van der Waals surface area contributed by atoms with Crippen molar-refractivity contribution >= 4 is 0 Å².